The molecule has 0 saturated carbocycles. The Balaban J connectivity index is 0.00000104. The summed E-state index contributed by atoms with van der Waals surface area (Å²) in [5, 5.41) is 9.24. The van der Waals surface area contributed by atoms with Gasteiger partial charge < -0.3 is 25.6 Å². The molecule has 276 valence electrons. The smallest absolute Gasteiger partial charge is 0.296 e. The van der Waals surface area contributed by atoms with Crippen molar-refractivity contribution >= 4 is 34.9 Å². The van der Waals surface area contributed by atoms with E-state index in [0.29, 0.717) is 12.4 Å². The fourth-order valence-corrected chi connectivity index (χ4v) is 5.09. The molecule has 1 fully saturated rings. The van der Waals surface area contributed by atoms with E-state index in [0.717, 1.165) is 84.9 Å². The molecule has 2 aliphatic rings. The lowest BCUT2D eigenvalue weighted by Crippen LogP contribution is -2.47. The first-order valence-corrected chi connectivity index (χ1v) is 18.3. The highest BCUT2D eigenvalue weighted by molar-refractivity contribution is 6.12. The third-order valence-corrected chi connectivity index (χ3v) is 7.31. The first-order valence-electron chi connectivity index (χ1n) is 18.3. The van der Waals surface area contributed by atoms with Crippen LogP contribution < -0.4 is 20.9 Å². The summed E-state index contributed by atoms with van der Waals surface area (Å²) in [6.07, 6.45) is 8.13. The normalized spacial score (nSPS) is 14.9. The van der Waals surface area contributed by atoms with Gasteiger partial charge in [-0.25, -0.2) is 4.98 Å². The van der Waals surface area contributed by atoms with Gasteiger partial charge in [0, 0.05) is 67.6 Å². The van der Waals surface area contributed by atoms with Crippen LogP contribution in [0.1, 0.15) is 106 Å². The molecule has 0 radical (unpaired) electrons. The van der Waals surface area contributed by atoms with Crippen molar-refractivity contribution in [3.63, 3.8) is 0 Å². The monoisotopic (exact) mass is 696 g/mol. The zero-order valence-corrected chi connectivity index (χ0v) is 32.6. The van der Waals surface area contributed by atoms with Gasteiger partial charge in [-0.05, 0) is 82.6 Å². The highest BCUT2D eigenvalue weighted by atomic mass is 16.5. The number of anilines is 2. The van der Waals surface area contributed by atoms with Gasteiger partial charge in [-0.3, -0.25) is 9.59 Å². The Kier molecular flexibility index (Phi) is 22.5. The minimum Gasteiger partial charge on any atom is -0.381 e. The van der Waals surface area contributed by atoms with Crippen LogP contribution in [0.3, 0.4) is 0 Å². The first-order chi connectivity index (χ1) is 24.8. The van der Waals surface area contributed by atoms with Gasteiger partial charge in [0.2, 0.25) is 5.91 Å². The number of hydrogen-bond donors (Lipinski definition) is 3. The Morgan fingerprint density at radius 3 is 2.31 bits per heavy atom. The molecule has 1 atom stereocenters. The van der Waals surface area contributed by atoms with Gasteiger partial charge in [-0.15, -0.1) is 0 Å². The molecule has 51 heavy (non-hydrogen) atoms. The van der Waals surface area contributed by atoms with Crippen LogP contribution in [0, 0.1) is 23.8 Å². The van der Waals surface area contributed by atoms with Crippen molar-refractivity contribution in [3.8, 4) is 23.8 Å². The lowest BCUT2D eigenvalue weighted by atomic mass is 10.0. The summed E-state index contributed by atoms with van der Waals surface area (Å²) in [4.78, 5) is 35.6. The molecule has 4 rings (SSSR count). The number of aromatic nitrogens is 1. The van der Waals surface area contributed by atoms with Gasteiger partial charge in [-0.2, -0.15) is 4.99 Å². The molecular weight excluding hydrogens is 637 g/mol. The number of piperidine rings is 1. The van der Waals surface area contributed by atoms with E-state index in [4.69, 9.17) is 4.74 Å². The predicted octanol–water partition coefficient (Wildman–Crippen LogP) is 7.91. The Hall–Kier alpha value is -4.86. The van der Waals surface area contributed by atoms with Gasteiger partial charge in [0.25, 0.3) is 5.91 Å². The van der Waals surface area contributed by atoms with Gasteiger partial charge in [0.15, 0.2) is 0 Å². The molecule has 2 amide bonds. The van der Waals surface area contributed by atoms with E-state index < -0.39 is 0 Å². The minimum absolute atomic E-state index is 0.0315. The average Bonchev–Trinajstić information content (AvgIpc) is 3.58. The Morgan fingerprint density at radius 1 is 1.02 bits per heavy atom. The SMILES string of the molecule is CC.CC.CC#CN=C1NC(c2ccc(CC(=O)Nc3cc(N4CCCC(NC(=O)C#CC)C4)ccn3)cc2)=CC1=C(C)C.CCCOCCC. The van der Waals surface area contributed by atoms with Crippen molar-refractivity contribution in [3.05, 3.63) is 70.9 Å². The number of nitrogens with one attached hydrogen (secondary N) is 3. The van der Waals surface area contributed by atoms with Gasteiger partial charge in [-0.1, -0.05) is 83.2 Å². The quantitative estimate of drug-likeness (QED) is 0.172. The van der Waals surface area contributed by atoms with Crippen LogP contribution in [0.15, 0.2) is 64.8 Å². The van der Waals surface area contributed by atoms with Crippen LogP contribution in [0.5, 0.6) is 0 Å². The molecule has 1 aromatic carbocycles. The highest BCUT2D eigenvalue weighted by Gasteiger charge is 2.22. The number of aliphatic imine (C=N–C) groups is 1. The number of benzene rings is 1. The van der Waals surface area contributed by atoms with Crippen molar-refractivity contribution in [1.29, 1.82) is 0 Å². The van der Waals surface area contributed by atoms with Crippen LogP contribution >= 0.6 is 0 Å². The number of carbonyl (C=O) groups is 2. The molecule has 1 saturated heterocycles. The van der Waals surface area contributed by atoms with Gasteiger partial charge in [0.05, 0.1) is 6.42 Å². The number of nitrogens with zero attached hydrogens (tertiary/aromatic N) is 3. The third kappa shape index (κ3) is 16.1. The number of carbonyl (C=O) groups excluding carboxylic acids is 2. The minimum atomic E-state index is -0.251. The maximum Gasteiger partial charge on any atom is 0.296 e. The number of amides is 2. The van der Waals surface area contributed by atoms with Crippen molar-refractivity contribution < 1.29 is 14.3 Å². The van der Waals surface area contributed by atoms with E-state index in [-0.39, 0.29) is 24.3 Å². The number of pyridine rings is 1. The van der Waals surface area contributed by atoms with E-state index in [1.54, 1.807) is 20.0 Å². The van der Waals surface area contributed by atoms with Crippen molar-refractivity contribution in [2.45, 2.75) is 107 Å². The maximum atomic E-state index is 12.8. The Morgan fingerprint density at radius 2 is 1.71 bits per heavy atom. The highest BCUT2D eigenvalue weighted by Crippen LogP contribution is 2.25. The largest absolute Gasteiger partial charge is 0.381 e. The zero-order valence-electron chi connectivity index (χ0n) is 32.6. The van der Waals surface area contributed by atoms with Gasteiger partial charge in [0.1, 0.15) is 11.7 Å². The molecule has 0 spiro atoms. The van der Waals surface area contributed by atoms with Crippen LogP contribution in [0.25, 0.3) is 5.70 Å². The number of allylic oxidation sites excluding steroid dienone is 1. The summed E-state index contributed by atoms with van der Waals surface area (Å²) < 4.78 is 5.13. The second-order valence-corrected chi connectivity index (χ2v) is 11.5. The lowest BCUT2D eigenvalue weighted by Gasteiger charge is -2.34. The Labute approximate surface area is 307 Å². The number of rotatable bonds is 10. The summed E-state index contributed by atoms with van der Waals surface area (Å²) >= 11 is 0. The number of ether oxygens (including phenoxy) is 1. The lowest BCUT2D eigenvalue weighted by molar-refractivity contribution is -0.116. The summed E-state index contributed by atoms with van der Waals surface area (Å²) in [6.45, 7) is 23.1. The number of hydrogen-bond acceptors (Lipinski definition) is 6. The first kappa shape index (κ1) is 44.2. The molecule has 2 aliphatic heterocycles. The standard InChI is InChI=1S/C32H34N6O2.C6H14O.2C2H6/c1-5-8-30(39)35-25-9-7-17-38(21-25)26-14-16-33-29(19-26)37-31(40)18-23-10-12-24(13-11-23)28-20-27(22(3)4)32(36-28)34-15-6-2;1-3-5-7-6-4-2;2*1-2/h10-14,16,19-20,25H,7,9,17-18,21H2,1-4H3,(H,34,36)(H,35,39)(H,33,37,40);3-6H2,1-2H3;2*1-2H3. The second-order valence-electron chi connectivity index (χ2n) is 11.5. The van der Waals surface area contributed by atoms with E-state index >= 15 is 0 Å². The van der Waals surface area contributed by atoms with Crippen LogP contribution in [-0.4, -0.2) is 55.0 Å². The molecule has 3 N–H and O–H groups in total. The summed E-state index contributed by atoms with van der Waals surface area (Å²) in [6, 6.07) is 14.5. The number of amidine groups is 1. The average molecular weight is 697 g/mol. The van der Waals surface area contributed by atoms with Crippen LogP contribution in [0.2, 0.25) is 0 Å². The molecule has 0 aliphatic carbocycles. The molecule has 9 nitrogen and oxygen atoms in total. The molecule has 9 heteroatoms. The Bertz CT molecular complexity index is 1580. The van der Waals surface area contributed by atoms with E-state index in [2.05, 4.69) is 74.6 Å². The van der Waals surface area contributed by atoms with Crippen molar-refractivity contribution in [2.75, 3.05) is 36.5 Å². The molecule has 1 unspecified atom stereocenters. The predicted molar refractivity (Wildman–Crippen MR) is 214 cm³/mol. The van der Waals surface area contributed by atoms with Crippen molar-refractivity contribution in [2.24, 2.45) is 4.99 Å². The summed E-state index contributed by atoms with van der Waals surface area (Å²) in [5.74, 6) is 8.82. The maximum absolute atomic E-state index is 12.8. The summed E-state index contributed by atoms with van der Waals surface area (Å²) in [5.41, 5.74) is 5.99. The zero-order chi connectivity index (χ0) is 38.0. The van der Waals surface area contributed by atoms with Gasteiger partial charge >= 0.3 is 0 Å². The third-order valence-electron chi connectivity index (χ3n) is 7.31. The summed E-state index contributed by atoms with van der Waals surface area (Å²) in [7, 11) is 0. The molecular formula is C42H60N6O3. The fourth-order valence-electron chi connectivity index (χ4n) is 5.09. The topological polar surface area (TPSA) is 108 Å². The van der Waals surface area contributed by atoms with E-state index in [1.807, 2.05) is 77.9 Å². The second kappa shape index (κ2) is 26.0. The van der Waals surface area contributed by atoms with Crippen molar-refractivity contribution in [1.82, 2.24) is 15.6 Å². The van der Waals surface area contributed by atoms with Crippen LogP contribution in [0.4, 0.5) is 11.5 Å². The van der Waals surface area contributed by atoms with E-state index in [1.165, 1.54) is 0 Å². The van der Waals surface area contributed by atoms with Crippen LogP contribution in [-0.2, 0) is 20.7 Å². The molecule has 3 heterocycles. The van der Waals surface area contributed by atoms with E-state index in [9.17, 15) is 9.59 Å². The fraction of sp³-hybridized carbons (Fsp3) is 0.476. The molecule has 2 aromatic rings. The molecule has 0 bridgehead atoms. The molecule has 1 aromatic heterocycles.